The highest BCUT2D eigenvalue weighted by molar-refractivity contribution is 9.10. The van der Waals surface area contributed by atoms with Gasteiger partial charge in [0.2, 0.25) is 0 Å². The lowest BCUT2D eigenvalue weighted by Crippen LogP contribution is -2.17. The lowest BCUT2D eigenvalue weighted by molar-refractivity contribution is -0.174. The zero-order chi connectivity index (χ0) is 15.2. The van der Waals surface area contributed by atoms with Crippen LogP contribution in [0.25, 0.3) is 0 Å². The lowest BCUT2D eigenvalue weighted by Gasteiger charge is -2.13. The first-order valence-electron chi connectivity index (χ1n) is 6.04. The number of rotatable bonds is 7. The minimum absolute atomic E-state index is 0.0431. The smallest absolute Gasteiger partial charge is 0.411 e. The fourth-order valence-corrected chi connectivity index (χ4v) is 2.26. The van der Waals surface area contributed by atoms with Crippen molar-refractivity contribution in [2.24, 2.45) is 0 Å². The molecule has 0 heterocycles. The van der Waals surface area contributed by atoms with Crippen LogP contribution in [0.2, 0.25) is 0 Å². The maximum Gasteiger partial charge on any atom is 0.411 e. The highest BCUT2D eigenvalue weighted by Crippen LogP contribution is 2.32. The molecule has 0 saturated heterocycles. The molecule has 114 valence electrons. The highest BCUT2D eigenvalue weighted by Gasteiger charge is 2.27. The van der Waals surface area contributed by atoms with E-state index in [9.17, 15) is 13.2 Å². The van der Waals surface area contributed by atoms with Crippen molar-refractivity contribution in [1.29, 1.82) is 0 Å². The lowest BCUT2D eigenvalue weighted by atomic mass is 10.1. The Kier molecular flexibility index (Phi) is 7.12. The van der Waals surface area contributed by atoms with Gasteiger partial charge in [-0.1, -0.05) is 6.07 Å². The Labute approximate surface area is 129 Å². The summed E-state index contributed by atoms with van der Waals surface area (Å²) in [5.74, 6) is 0.702. The van der Waals surface area contributed by atoms with Crippen molar-refractivity contribution in [2.75, 3.05) is 19.8 Å². The van der Waals surface area contributed by atoms with Crippen LogP contribution in [0.3, 0.4) is 0 Å². The number of halogens is 5. The first kappa shape index (κ1) is 17.6. The molecule has 1 rings (SSSR count). The summed E-state index contributed by atoms with van der Waals surface area (Å²) < 4.78 is 46.4. The van der Waals surface area contributed by atoms with E-state index in [2.05, 4.69) is 20.7 Å². The Morgan fingerprint density at radius 1 is 1.35 bits per heavy atom. The molecule has 0 saturated carbocycles. The van der Waals surface area contributed by atoms with Crippen LogP contribution in [0.1, 0.15) is 24.3 Å². The predicted octanol–water partition coefficient (Wildman–Crippen LogP) is 5.10. The van der Waals surface area contributed by atoms with E-state index >= 15 is 0 Å². The third-order valence-corrected chi connectivity index (χ3v) is 3.49. The molecule has 1 unspecified atom stereocenters. The van der Waals surface area contributed by atoms with Crippen molar-refractivity contribution < 1.29 is 22.6 Å². The van der Waals surface area contributed by atoms with E-state index in [0.717, 1.165) is 10.0 Å². The second-order valence-corrected chi connectivity index (χ2v) is 5.43. The first-order valence-corrected chi connectivity index (χ1v) is 7.27. The van der Waals surface area contributed by atoms with Crippen LogP contribution in [-0.2, 0) is 4.74 Å². The van der Waals surface area contributed by atoms with Gasteiger partial charge in [0.25, 0.3) is 0 Å². The Bertz CT molecular complexity index is 427. The molecular weight excluding hydrogens is 360 g/mol. The van der Waals surface area contributed by atoms with E-state index in [1.807, 2.05) is 6.92 Å². The van der Waals surface area contributed by atoms with Crippen molar-refractivity contribution in [2.45, 2.75) is 24.9 Å². The molecule has 1 aromatic carbocycles. The van der Waals surface area contributed by atoms with E-state index in [0.29, 0.717) is 18.8 Å². The maximum atomic E-state index is 11.9. The molecule has 20 heavy (non-hydrogen) atoms. The predicted molar refractivity (Wildman–Crippen MR) is 75.4 cm³/mol. The Morgan fingerprint density at radius 2 is 2.05 bits per heavy atom. The second-order valence-electron chi connectivity index (χ2n) is 4.05. The van der Waals surface area contributed by atoms with Gasteiger partial charge >= 0.3 is 6.18 Å². The monoisotopic (exact) mass is 374 g/mol. The Morgan fingerprint density at radius 3 is 2.60 bits per heavy atom. The molecule has 0 fully saturated rings. The summed E-state index contributed by atoms with van der Waals surface area (Å²) in [6.07, 6.45) is -4.00. The van der Waals surface area contributed by atoms with Gasteiger partial charge in [-0.05, 0) is 47.0 Å². The summed E-state index contributed by atoms with van der Waals surface area (Å²) in [6.45, 7) is 1.14. The molecule has 0 amide bonds. The summed E-state index contributed by atoms with van der Waals surface area (Å²) >= 11 is 9.50. The SMILES string of the molecule is CCOc1ccc(C(Cl)CCOCC(F)(F)F)cc1Br. The van der Waals surface area contributed by atoms with Gasteiger partial charge in [-0.3, -0.25) is 0 Å². The molecule has 1 aromatic rings. The minimum atomic E-state index is -4.30. The molecule has 0 bridgehead atoms. The summed E-state index contributed by atoms with van der Waals surface area (Å²) in [4.78, 5) is 0. The van der Waals surface area contributed by atoms with Crippen molar-refractivity contribution in [3.8, 4) is 5.75 Å². The fourth-order valence-electron chi connectivity index (χ4n) is 1.53. The van der Waals surface area contributed by atoms with Crippen molar-refractivity contribution >= 4 is 27.5 Å². The summed E-state index contributed by atoms with van der Waals surface area (Å²) in [7, 11) is 0. The number of benzene rings is 1. The molecule has 0 aliphatic carbocycles. The van der Waals surface area contributed by atoms with Gasteiger partial charge in [-0.2, -0.15) is 13.2 Å². The van der Waals surface area contributed by atoms with E-state index in [1.165, 1.54) is 0 Å². The third-order valence-electron chi connectivity index (χ3n) is 2.40. The normalized spacial score (nSPS) is 13.3. The van der Waals surface area contributed by atoms with Crippen LogP contribution in [0.5, 0.6) is 5.75 Å². The van der Waals surface area contributed by atoms with Crippen molar-refractivity contribution in [1.82, 2.24) is 0 Å². The molecule has 0 aliphatic rings. The Hall–Kier alpha value is -0.460. The zero-order valence-corrected chi connectivity index (χ0v) is 13.2. The topological polar surface area (TPSA) is 18.5 Å². The van der Waals surface area contributed by atoms with E-state index < -0.39 is 18.2 Å². The molecule has 0 N–H and O–H groups in total. The van der Waals surface area contributed by atoms with Crippen LogP contribution >= 0.6 is 27.5 Å². The number of hydrogen-bond acceptors (Lipinski definition) is 2. The molecule has 1 atom stereocenters. The van der Waals surface area contributed by atoms with Crippen LogP contribution < -0.4 is 4.74 Å². The Balaban J connectivity index is 2.47. The fraction of sp³-hybridized carbons (Fsp3) is 0.538. The summed E-state index contributed by atoms with van der Waals surface area (Å²) in [6, 6.07) is 5.36. The van der Waals surface area contributed by atoms with E-state index in [1.54, 1.807) is 18.2 Å². The molecule has 7 heteroatoms. The maximum absolute atomic E-state index is 11.9. The summed E-state index contributed by atoms with van der Waals surface area (Å²) in [5.41, 5.74) is 0.803. The molecular formula is C13H15BrClF3O2. The van der Waals surface area contributed by atoms with Crippen molar-refractivity contribution in [3.05, 3.63) is 28.2 Å². The molecule has 0 aromatic heterocycles. The quantitative estimate of drug-likeness (QED) is 0.488. The number of alkyl halides is 4. The zero-order valence-electron chi connectivity index (χ0n) is 10.8. The van der Waals surface area contributed by atoms with Gasteiger partial charge in [-0.25, -0.2) is 0 Å². The van der Waals surface area contributed by atoms with E-state index in [4.69, 9.17) is 16.3 Å². The average Bonchev–Trinajstić information content (AvgIpc) is 2.36. The second kappa shape index (κ2) is 8.10. The minimum Gasteiger partial charge on any atom is -0.493 e. The van der Waals surface area contributed by atoms with Gasteiger partial charge in [-0.15, -0.1) is 11.6 Å². The molecule has 2 nitrogen and oxygen atoms in total. The number of ether oxygens (including phenoxy) is 2. The van der Waals surface area contributed by atoms with Gasteiger partial charge in [0.15, 0.2) is 0 Å². The van der Waals surface area contributed by atoms with Crippen LogP contribution in [-0.4, -0.2) is 26.0 Å². The van der Waals surface area contributed by atoms with Gasteiger partial charge in [0.05, 0.1) is 16.5 Å². The average molecular weight is 376 g/mol. The van der Waals surface area contributed by atoms with Gasteiger partial charge in [0.1, 0.15) is 12.4 Å². The standard InChI is InChI=1S/C13H15BrClF3O2/c1-2-20-12-4-3-9(7-10(12)14)11(15)5-6-19-8-13(16,17)18/h3-4,7,11H,2,5-6,8H2,1H3. The third kappa shape index (κ3) is 6.33. The van der Waals surface area contributed by atoms with Crippen LogP contribution in [0, 0.1) is 0 Å². The van der Waals surface area contributed by atoms with Crippen molar-refractivity contribution in [3.63, 3.8) is 0 Å². The molecule has 0 spiro atoms. The molecule has 0 radical (unpaired) electrons. The number of hydrogen-bond donors (Lipinski definition) is 0. The highest BCUT2D eigenvalue weighted by atomic mass is 79.9. The molecule has 0 aliphatic heterocycles. The largest absolute Gasteiger partial charge is 0.493 e. The van der Waals surface area contributed by atoms with Gasteiger partial charge < -0.3 is 9.47 Å². The van der Waals surface area contributed by atoms with E-state index in [-0.39, 0.29) is 6.61 Å². The first-order chi connectivity index (χ1) is 9.33. The van der Waals surface area contributed by atoms with Crippen LogP contribution in [0.15, 0.2) is 22.7 Å². The van der Waals surface area contributed by atoms with Gasteiger partial charge in [0, 0.05) is 6.61 Å². The van der Waals surface area contributed by atoms with Crippen LogP contribution in [0.4, 0.5) is 13.2 Å². The summed E-state index contributed by atoms with van der Waals surface area (Å²) in [5, 5.41) is -0.407.